The quantitative estimate of drug-likeness (QED) is 0.257. The van der Waals surface area contributed by atoms with Crippen molar-refractivity contribution in [1.82, 2.24) is 0 Å². The smallest absolute Gasteiger partial charge is 0.168 e. The fourth-order valence-corrected chi connectivity index (χ4v) is 6.09. The number of aliphatic imine (C=N–C) groups is 2. The van der Waals surface area contributed by atoms with Gasteiger partial charge in [0.25, 0.3) is 0 Å². The number of aliphatic hydroxyl groups is 2. The Kier molecular flexibility index (Phi) is 8.82. The minimum Gasteiger partial charge on any atom is -0.511 e. The fraction of sp³-hybridized carbons (Fsp3) is 0.316. The van der Waals surface area contributed by atoms with Crippen LogP contribution < -0.4 is 0 Å². The third-order valence-corrected chi connectivity index (χ3v) is 8.09. The molecule has 0 fully saturated rings. The predicted molar refractivity (Wildman–Crippen MR) is 176 cm³/mol. The van der Waals surface area contributed by atoms with Crippen LogP contribution in [0.4, 0.5) is 11.4 Å². The van der Waals surface area contributed by atoms with Crippen molar-refractivity contribution >= 4 is 34.4 Å². The molecule has 3 aromatic rings. The van der Waals surface area contributed by atoms with Crippen molar-refractivity contribution in [3.05, 3.63) is 119 Å². The van der Waals surface area contributed by atoms with Crippen LogP contribution in [0.25, 0.3) is 0 Å². The van der Waals surface area contributed by atoms with Crippen molar-refractivity contribution in [2.45, 2.75) is 66.2 Å². The summed E-state index contributed by atoms with van der Waals surface area (Å²) in [7, 11) is 0. The van der Waals surface area contributed by atoms with E-state index in [0.29, 0.717) is 72.5 Å². The van der Waals surface area contributed by atoms with E-state index in [4.69, 9.17) is 9.98 Å². The molecule has 0 heterocycles. The Morgan fingerprint density at radius 2 is 0.909 bits per heavy atom. The lowest BCUT2D eigenvalue weighted by Crippen LogP contribution is -2.30. The molecule has 0 bridgehead atoms. The molecule has 0 saturated heterocycles. The van der Waals surface area contributed by atoms with Crippen LogP contribution in [0.2, 0.25) is 0 Å². The number of Topliss-reactive ketones (excluding diaryl/α,β-unsaturated/α-hetero) is 2. The standard InChI is InChI=1S/C38H40N2O4/c1-37(2)21-31(41)35(32(42)22-37)29(19-25-11-7-5-8-12-25)39-27-15-17-28(18-16-27)40-30(20-26-13-9-6-10-14-26)36-33(43)23-38(3,4)24-34(36)44/h5-18,41,43H,19-24H2,1-4H3. The third-order valence-electron chi connectivity index (χ3n) is 8.09. The number of hydrogen-bond acceptors (Lipinski definition) is 6. The summed E-state index contributed by atoms with van der Waals surface area (Å²) in [6, 6.07) is 26.8. The lowest BCUT2D eigenvalue weighted by Gasteiger charge is -2.30. The third kappa shape index (κ3) is 7.49. The highest BCUT2D eigenvalue weighted by molar-refractivity contribution is 6.25. The minimum atomic E-state index is -0.307. The van der Waals surface area contributed by atoms with Gasteiger partial charge in [0.2, 0.25) is 0 Å². The molecule has 0 unspecified atom stereocenters. The number of carbonyl (C=O) groups is 2. The lowest BCUT2D eigenvalue weighted by molar-refractivity contribution is -0.118. The molecule has 0 atom stereocenters. The molecule has 5 rings (SSSR count). The normalized spacial score (nSPS) is 19.0. The van der Waals surface area contributed by atoms with Crippen molar-refractivity contribution in [2.24, 2.45) is 20.8 Å². The van der Waals surface area contributed by atoms with Gasteiger partial charge in [-0.1, -0.05) is 88.4 Å². The highest BCUT2D eigenvalue weighted by Gasteiger charge is 2.36. The monoisotopic (exact) mass is 588 g/mol. The van der Waals surface area contributed by atoms with Gasteiger partial charge in [-0.25, -0.2) is 0 Å². The van der Waals surface area contributed by atoms with E-state index in [-0.39, 0.29) is 33.9 Å². The van der Waals surface area contributed by atoms with Crippen LogP contribution in [0.1, 0.15) is 64.5 Å². The Morgan fingerprint density at radius 3 is 1.23 bits per heavy atom. The Bertz CT molecular complexity index is 1550. The number of allylic oxidation sites excluding steroid dienone is 4. The van der Waals surface area contributed by atoms with E-state index < -0.39 is 0 Å². The first-order valence-electron chi connectivity index (χ1n) is 15.1. The number of nitrogens with zero attached hydrogens (tertiary/aromatic N) is 2. The molecule has 0 radical (unpaired) electrons. The number of aliphatic hydroxyl groups excluding tert-OH is 2. The van der Waals surface area contributed by atoms with E-state index in [1.165, 1.54) is 0 Å². The molecular formula is C38H40N2O4. The average Bonchev–Trinajstić information content (AvgIpc) is 2.93. The molecule has 3 aromatic carbocycles. The summed E-state index contributed by atoms with van der Waals surface area (Å²) in [5.74, 6) is -0.0375. The number of carbonyl (C=O) groups excluding carboxylic acids is 2. The van der Waals surface area contributed by atoms with Gasteiger partial charge in [0.15, 0.2) is 11.6 Å². The van der Waals surface area contributed by atoms with Gasteiger partial charge in [0.05, 0.1) is 33.9 Å². The summed E-state index contributed by atoms with van der Waals surface area (Å²) in [6.45, 7) is 7.92. The van der Waals surface area contributed by atoms with E-state index in [0.717, 1.165) is 11.1 Å². The van der Waals surface area contributed by atoms with Crippen LogP contribution in [-0.2, 0) is 22.4 Å². The summed E-state index contributed by atoms with van der Waals surface area (Å²) < 4.78 is 0. The Balaban J connectivity index is 1.52. The Labute approximate surface area is 259 Å². The largest absolute Gasteiger partial charge is 0.511 e. The predicted octanol–water partition coefficient (Wildman–Crippen LogP) is 8.72. The van der Waals surface area contributed by atoms with Crippen LogP contribution in [-0.4, -0.2) is 33.2 Å². The SMILES string of the molecule is CC1(C)CC(=O)C(C(Cc2ccccc2)=Nc2ccc(N=C(Cc3ccccc3)C3=C(O)CC(C)(C)CC3=O)cc2)=C(O)C1. The molecule has 2 aliphatic carbocycles. The van der Waals surface area contributed by atoms with Gasteiger partial charge < -0.3 is 10.2 Å². The molecule has 6 nitrogen and oxygen atoms in total. The summed E-state index contributed by atoms with van der Waals surface area (Å²) in [5.41, 5.74) is 4.28. The highest BCUT2D eigenvalue weighted by atomic mass is 16.3. The van der Waals surface area contributed by atoms with Crippen LogP contribution in [0.15, 0.2) is 118 Å². The Morgan fingerprint density at radius 1 is 0.568 bits per heavy atom. The van der Waals surface area contributed by atoms with Crippen LogP contribution in [0.5, 0.6) is 0 Å². The molecular weight excluding hydrogens is 548 g/mol. The maximum Gasteiger partial charge on any atom is 0.168 e. The second kappa shape index (κ2) is 12.6. The first-order valence-corrected chi connectivity index (χ1v) is 15.1. The first kappa shape index (κ1) is 30.9. The highest BCUT2D eigenvalue weighted by Crippen LogP contribution is 2.38. The molecule has 0 aromatic heterocycles. The van der Waals surface area contributed by atoms with Crippen molar-refractivity contribution in [1.29, 1.82) is 0 Å². The van der Waals surface area contributed by atoms with Crippen LogP contribution in [0.3, 0.4) is 0 Å². The molecule has 0 amide bonds. The number of ketones is 2. The van der Waals surface area contributed by atoms with Gasteiger partial charge in [-0.3, -0.25) is 19.6 Å². The van der Waals surface area contributed by atoms with Crippen LogP contribution >= 0.6 is 0 Å². The number of rotatable bonds is 8. The van der Waals surface area contributed by atoms with E-state index in [1.54, 1.807) is 0 Å². The van der Waals surface area contributed by atoms with Gasteiger partial charge in [-0.15, -0.1) is 0 Å². The van der Waals surface area contributed by atoms with E-state index in [1.807, 2.05) is 113 Å². The van der Waals surface area contributed by atoms with Crippen molar-refractivity contribution in [2.75, 3.05) is 0 Å². The summed E-state index contributed by atoms with van der Waals surface area (Å²) >= 11 is 0. The minimum absolute atomic E-state index is 0.0844. The van der Waals surface area contributed by atoms with Gasteiger partial charge in [0, 0.05) is 38.5 Å². The molecule has 6 heteroatoms. The summed E-state index contributed by atoms with van der Waals surface area (Å²) in [6.07, 6.45) is 2.32. The zero-order valence-electron chi connectivity index (χ0n) is 25.9. The second-order valence-corrected chi connectivity index (χ2v) is 13.5. The van der Waals surface area contributed by atoms with E-state index in [9.17, 15) is 19.8 Å². The summed E-state index contributed by atoms with van der Waals surface area (Å²) in [5, 5.41) is 21.9. The summed E-state index contributed by atoms with van der Waals surface area (Å²) in [4.78, 5) is 36.2. The maximum atomic E-state index is 13.2. The molecule has 0 aliphatic heterocycles. The van der Waals surface area contributed by atoms with Crippen molar-refractivity contribution < 1.29 is 19.8 Å². The van der Waals surface area contributed by atoms with Gasteiger partial charge in [0.1, 0.15) is 11.5 Å². The number of benzene rings is 3. The average molecular weight is 589 g/mol. The van der Waals surface area contributed by atoms with Gasteiger partial charge >= 0.3 is 0 Å². The molecule has 0 spiro atoms. The first-order chi connectivity index (χ1) is 20.9. The molecule has 0 saturated carbocycles. The molecule has 2 aliphatic rings. The van der Waals surface area contributed by atoms with Gasteiger partial charge in [-0.05, 0) is 46.2 Å². The Hall–Kier alpha value is -4.58. The number of hydrogen-bond donors (Lipinski definition) is 2. The molecule has 226 valence electrons. The van der Waals surface area contributed by atoms with Crippen molar-refractivity contribution in [3.63, 3.8) is 0 Å². The molecule has 44 heavy (non-hydrogen) atoms. The molecule has 2 N–H and O–H groups in total. The lowest BCUT2D eigenvalue weighted by atomic mass is 9.75. The van der Waals surface area contributed by atoms with Gasteiger partial charge in [-0.2, -0.15) is 0 Å². The van der Waals surface area contributed by atoms with Crippen LogP contribution in [0, 0.1) is 10.8 Å². The van der Waals surface area contributed by atoms with Crippen molar-refractivity contribution in [3.8, 4) is 0 Å². The van der Waals surface area contributed by atoms with E-state index in [2.05, 4.69) is 0 Å². The zero-order chi connectivity index (χ0) is 31.5. The maximum absolute atomic E-state index is 13.2. The van der Waals surface area contributed by atoms with E-state index >= 15 is 0 Å². The second-order valence-electron chi connectivity index (χ2n) is 13.5. The topological polar surface area (TPSA) is 99.3 Å². The zero-order valence-corrected chi connectivity index (χ0v) is 25.9. The fourth-order valence-electron chi connectivity index (χ4n) is 6.09.